The molecule has 112 valence electrons. The molecule has 1 aliphatic carbocycles. The van der Waals surface area contributed by atoms with Gasteiger partial charge in [0.25, 0.3) is 5.91 Å². The lowest BCUT2D eigenvalue weighted by molar-refractivity contribution is -0.117. The molecule has 21 heavy (non-hydrogen) atoms. The molecule has 2 aliphatic rings. The first kappa shape index (κ1) is 14.1. The van der Waals surface area contributed by atoms with Gasteiger partial charge in [0.2, 0.25) is 5.91 Å². The van der Waals surface area contributed by atoms with E-state index in [0.717, 1.165) is 38.0 Å². The third-order valence-electron chi connectivity index (χ3n) is 4.25. The molecule has 0 aromatic heterocycles. The lowest BCUT2D eigenvalue weighted by Gasteiger charge is -2.23. The van der Waals surface area contributed by atoms with Crippen molar-refractivity contribution in [2.45, 2.75) is 25.3 Å². The van der Waals surface area contributed by atoms with Crippen molar-refractivity contribution >= 4 is 17.5 Å². The Hall–Kier alpha value is -1.88. The van der Waals surface area contributed by atoms with E-state index in [0.29, 0.717) is 5.56 Å². The highest BCUT2D eigenvalue weighted by Crippen LogP contribution is 2.30. The lowest BCUT2D eigenvalue weighted by Crippen LogP contribution is -2.38. The minimum absolute atomic E-state index is 0.0313. The molecule has 1 aliphatic heterocycles. The maximum absolute atomic E-state index is 12.4. The first-order chi connectivity index (χ1) is 10.1. The molecule has 2 fully saturated rings. The summed E-state index contributed by atoms with van der Waals surface area (Å²) in [5, 5.41) is 6.15. The Labute approximate surface area is 124 Å². The number of rotatable bonds is 4. The van der Waals surface area contributed by atoms with Gasteiger partial charge in [0.05, 0.1) is 0 Å². The molecule has 1 atom stereocenters. The molecule has 0 spiro atoms. The van der Waals surface area contributed by atoms with Gasteiger partial charge in [-0.2, -0.15) is 0 Å². The van der Waals surface area contributed by atoms with Crippen LogP contribution in [0.25, 0.3) is 0 Å². The minimum Gasteiger partial charge on any atom is -0.337 e. The summed E-state index contributed by atoms with van der Waals surface area (Å²) in [6, 6.07) is 7.43. The summed E-state index contributed by atoms with van der Waals surface area (Å²) in [5.74, 6) is 0.305. The zero-order valence-electron chi connectivity index (χ0n) is 12.3. The normalized spacial score (nSPS) is 21.1. The second-order valence-electron chi connectivity index (χ2n) is 5.90. The second kappa shape index (κ2) is 5.85. The molecule has 3 rings (SSSR count). The van der Waals surface area contributed by atoms with Crippen LogP contribution in [0, 0.1) is 5.92 Å². The Bertz CT molecular complexity index is 531. The highest BCUT2D eigenvalue weighted by atomic mass is 16.2. The summed E-state index contributed by atoms with van der Waals surface area (Å²) in [5.41, 5.74) is 1.42. The average Bonchev–Trinajstić information content (AvgIpc) is 3.22. The van der Waals surface area contributed by atoms with Crippen LogP contribution in [-0.4, -0.2) is 42.9 Å². The van der Waals surface area contributed by atoms with Gasteiger partial charge in [0, 0.05) is 36.8 Å². The lowest BCUT2D eigenvalue weighted by atomic mass is 10.1. The van der Waals surface area contributed by atoms with Gasteiger partial charge in [-0.3, -0.25) is 9.59 Å². The van der Waals surface area contributed by atoms with Crippen molar-refractivity contribution < 1.29 is 9.59 Å². The molecule has 1 heterocycles. The van der Waals surface area contributed by atoms with Crippen LogP contribution < -0.4 is 10.6 Å². The van der Waals surface area contributed by atoms with E-state index in [4.69, 9.17) is 0 Å². The fourth-order valence-electron chi connectivity index (χ4n) is 2.63. The summed E-state index contributed by atoms with van der Waals surface area (Å²) in [4.78, 5) is 25.9. The van der Waals surface area contributed by atoms with Crippen molar-refractivity contribution in [1.29, 1.82) is 0 Å². The van der Waals surface area contributed by atoms with Crippen LogP contribution in [0.4, 0.5) is 5.69 Å². The zero-order valence-corrected chi connectivity index (χ0v) is 12.3. The standard InChI is InChI=1S/C16H21N3O2/c1-19(14-8-9-17-10-14)16(21)12-4-6-13(7-5-12)18-15(20)11-2-3-11/h4-7,11,14,17H,2-3,8-10H2,1H3,(H,18,20). The summed E-state index contributed by atoms with van der Waals surface area (Å²) >= 11 is 0. The molecule has 1 aromatic rings. The van der Waals surface area contributed by atoms with E-state index < -0.39 is 0 Å². The molecule has 1 unspecified atom stereocenters. The van der Waals surface area contributed by atoms with Crippen LogP contribution in [-0.2, 0) is 4.79 Å². The topological polar surface area (TPSA) is 61.4 Å². The van der Waals surface area contributed by atoms with Crippen LogP contribution >= 0.6 is 0 Å². The third-order valence-corrected chi connectivity index (χ3v) is 4.25. The molecule has 2 N–H and O–H groups in total. The Balaban J connectivity index is 1.62. The number of anilines is 1. The van der Waals surface area contributed by atoms with E-state index in [9.17, 15) is 9.59 Å². The minimum atomic E-state index is 0.0313. The van der Waals surface area contributed by atoms with Gasteiger partial charge in [-0.15, -0.1) is 0 Å². The Morgan fingerprint density at radius 3 is 2.48 bits per heavy atom. The van der Waals surface area contributed by atoms with Crippen molar-refractivity contribution in [2.24, 2.45) is 5.92 Å². The summed E-state index contributed by atoms with van der Waals surface area (Å²) in [7, 11) is 1.85. The molecule has 0 radical (unpaired) electrons. The quantitative estimate of drug-likeness (QED) is 0.881. The first-order valence-electron chi connectivity index (χ1n) is 7.54. The second-order valence-corrected chi connectivity index (χ2v) is 5.90. The Morgan fingerprint density at radius 2 is 1.90 bits per heavy atom. The summed E-state index contributed by atoms with van der Waals surface area (Å²) in [6.45, 7) is 1.83. The SMILES string of the molecule is CN(C(=O)c1ccc(NC(=O)C2CC2)cc1)C1CCNC1. The molecule has 5 nitrogen and oxygen atoms in total. The van der Waals surface area contributed by atoms with Gasteiger partial charge in [-0.05, 0) is 50.1 Å². The highest BCUT2D eigenvalue weighted by molar-refractivity contribution is 5.96. The van der Waals surface area contributed by atoms with Crippen molar-refractivity contribution in [3.63, 3.8) is 0 Å². The van der Waals surface area contributed by atoms with Crippen molar-refractivity contribution in [1.82, 2.24) is 10.2 Å². The number of carbonyl (C=O) groups is 2. The van der Waals surface area contributed by atoms with E-state index >= 15 is 0 Å². The number of nitrogens with one attached hydrogen (secondary N) is 2. The van der Waals surface area contributed by atoms with Gasteiger partial charge in [0.1, 0.15) is 0 Å². The van der Waals surface area contributed by atoms with Crippen LogP contribution in [0.5, 0.6) is 0 Å². The van der Waals surface area contributed by atoms with Gasteiger partial charge in [-0.25, -0.2) is 0 Å². The van der Waals surface area contributed by atoms with Gasteiger partial charge in [-0.1, -0.05) is 0 Å². The molecule has 5 heteroatoms. The fraction of sp³-hybridized carbons (Fsp3) is 0.500. The summed E-state index contributed by atoms with van der Waals surface area (Å²) in [6.07, 6.45) is 2.98. The Morgan fingerprint density at radius 1 is 1.19 bits per heavy atom. The Kier molecular flexibility index (Phi) is 3.92. The number of benzene rings is 1. The maximum atomic E-state index is 12.4. The van der Waals surface area contributed by atoms with Crippen LogP contribution in [0.3, 0.4) is 0 Å². The largest absolute Gasteiger partial charge is 0.337 e. The number of nitrogens with zero attached hydrogens (tertiary/aromatic N) is 1. The van der Waals surface area contributed by atoms with Crippen molar-refractivity contribution in [2.75, 3.05) is 25.5 Å². The predicted octanol–water partition coefficient (Wildman–Crippen LogP) is 1.47. The fourth-order valence-corrected chi connectivity index (χ4v) is 2.63. The number of hydrogen-bond donors (Lipinski definition) is 2. The monoisotopic (exact) mass is 287 g/mol. The average molecular weight is 287 g/mol. The smallest absolute Gasteiger partial charge is 0.253 e. The van der Waals surface area contributed by atoms with Crippen molar-refractivity contribution in [3.05, 3.63) is 29.8 Å². The van der Waals surface area contributed by atoms with Crippen LogP contribution in [0.1, 0.15) is 29.6 Å². The van der Waals surface area contributed by atoms with E-state index in [-0.39, 0.29) is 23.8 Å². The molecule has 1 aromatic carbocycles. The van der Waals surface area contributed by atoms with E-state index in [1.54, 1.807) is 29.2 Å². The molecule has 1 saturated heterocycles. The first-order valence-corrected chi connectivity index (χ1v) is 7.54. The maximum Gasteiger partial charge on any atom is 0.253 e. The van der Waals surface area contributed by atoms with E-state index in [1.807, 2.05) is 7.05 Å². The number of hydrogen-bond acceptors (Lipinski definition) is 3. The number of likely N-dealkylation sites (N-methyl/N-ethyl adjacent to an activating group) is 1. The van der Waals surface area contributed by atoms with Crippen molar-refractivity contribution in [3.8, 4) is 0 Å². The summed E-state index contributed by atoms with van der Waals surface area (Å²) < 4.78 is 0. The number of carbonyl (C=O) groups excluding carboxylic acids is 2. The van der Waals surface area contributed by atoms with E-state index in [1.165, 1.54) is 0 Å². The van der Waals surface area contributed by atoms with Gasteiger partial charge < -0.3 is 15.5 Å². The molecule has 0 bridgehead atoms. The van der Waals surface area contributed by atoms with Crippen LogP contribution in [0.15, 0.2) is 24.3 Å². The predicted molar refractivity (Wildman–Crippen MR) is 81.2 cm³/mol. The van der Waals surface area contributed by atoms with Gasteiger partial charge in [0.15, 0.2) is 0 Å². The molecular formula is C16H21N3O2. The molecular weight excluding hydrogens is 266 g/mol. The molecule has 1 saturated carbocycles. The zero-order chi connectivity index (χ0) is 14.8. The van der Waals surface area contributed by atoms with Crippen LogP contribution in [0.2, 0.25) is 0 Å². The molecule has 2 amide bonds. The highest BCUT2D eigenvalue weighted by Gasteiger charge is 2.29. The van der Waals surface area contributed by atoms with Gasteiger partial charge >= 0.3 is 0 Å². The van der Waals surface area contributed by atoms with E-state index in [2.05, 4.69) is 10.6 Å². The third kappa shape index (κ3) is 3.24. The number of amides is 2.